The number of alkyl halides is 1. The van der Waals surface area contributed by atoms with Crippen molar-refractivity contribution in [3.8, 4) is 6.07 Å². The molecule has 0 spiro atoms. The molecular weight excluding hydrogens is 611 g/mol. The summed E-state index contributed by atoms with van der Waals surface area (Å²) in [5.41, 5.74) is -1.61. The summed E-state index contributed by atoms with van der Waals surface area (Å²) in [6, 6.07) is 2.89. The minimum Gasteiger partial charge on any atom is -0.463 e. The van der Waals surface area contributed by atoms with Crippen molar-refractivity contribution in [1.29, 1.82) is 5.26 Å². The van der Waals surface area contributed by atoms with Gasteiger partial charge in [0.2, 0.25) is 0 Å². The Kier molecular flexibility index (Phi) is 7.68. The Morgan fingerprint density at radius 2 is 2.11 bits per heavy atom. The number of amidine groups is 1. The number of ether oxygens (including phenoxy) is 2. The van der Waals surface area contributed by atoms with Gasteiger partial charge in [0.1, 0.15) is 52.7 Å². The second kappa shape index (κ2) is 11.3. The largest absolute Gasteiger partial charge is 0.463 e. The highest BCUT2D eigenvalue weighted by Gasteiger charge is 2.50. The van der Waals surface area contributed by atoms with Gasteiger partial charge in [0.25, 0.3) is 11.9 Å². The summed E-state index contributed by atoms with van der Waals surface area (Å²) in [6.45, 7) is 6.24. The van der Waals surface area contributed by atoms with E-state index in [2.05, 4.69) is 31.2 Å². The third-order valence-corrected chi connectivity index (χ3v) is 9.38. The number of halogens is 3. The molecule has 3 atom stereocenters. The van der Waals surface area contributed by atoms with Crippen LogP contribution in [0.4, 0.5) is 23.0 Å². The van der Waals surface area contributed by atoms with Crippen LogP contribution in [0.15, 0.2) is 40.0 Å². The van der Waals surface area contributed by atoms with Gasteiger partial charge in [-0.25, -0.2) is 18.0 Å². The first-order valence-corrected chi connectivity index (χ1v) is 15.3. The van der Waals surface area contributed by atoms with Crippen LogP contribution in [0, 0.1) is 17.1 Å². The fraction of sp³-hybridized carbons (Fsp3) is 0.467. The van der Waals surface area contributed by atoms with Crippen molar-refractivity contribution in [2.75, 3.05) is 32.1 Å². The molecular formula is C30H32F3N7O4S. The Bertz CT molecular complexity index is 1740. The third kappa shape index (κ3) is 5.46. The summed E-state index contributed by atoms with van der Waals surface area (Å²) in [6.07, 6.45) is 0.196. The zero-order chi connectivity index (χ0) is 32.3. The maximum atomic E-state index is 16.5. The molecule has 5 heterocycles. The van der Waals surface area contributed by atoms with Gasteiger partial charge >= 0.3 is 6.09 Å². The van der Waals surface area contributed by atoms with Crippen LogP contribution in [0.1, 0.15) is 57.2 Å². The molecule has 4 aliphatic heterocycles. The van der Waals surface area contributed by atoms with Gasteiger partial charge in [0, 0.05) is 25.4 Å². The van der Waals surface area contributed by atoms with Gasteiger partial charge in [-0.05, 0) is 51.8 Å². The van der Waals surface area contributed by atoms with Gasteiger partial charge in [0.15, 0.2) is 5.83 Å². The number of rotatable bonds is 5. The van der Waals surface area contributed by atoms with Crippen LogP contribution < -0.4 is 21.3 Å². The van der Waals surface area contributed by atoms with Gasteiger partial charge in [-0.1, -0.05) is 6.07 Å². The highest BCUT2D eigenvalue weighted by Crippen LogP contribution is 2.45. The Labute approximate surface area is 261 Å². The number of amides is 2. The predicted octanol–water partition coefficient (Wildman–Crippen LogP) is 4.59. The van der Waals surface area contributed by atoms with E-state index in [0.29, 0.717) is 13.0 Å². The number of carbonyl (C=O) groups is 2. The van der Waals surface area contributed by atoms with Crippen LogP contribution in [-0.2, 0) is 14.3 Å². The Hall–Kier alpha value is -4.29. The topological polar surface area (TPSA) is 140 Å². The molecule has 0 bridgehead atoms. The quantitative estimate of drug-likeness (QED) is 0.371. The SMILES string of the molecule is CNC1=C2C(=O)NC(c3ccc(F)c4sc(NC(=O)OC(C)(C)C)c(C#N)c34)C(F)=C2NC(OC[C@@]23CCCN2C[C@H](F)C3)=N1. The van der Waals surface area contributed by atoms with Gasteiger partial charge in [-0.3, -0.25) is 15.0 Å². The van der Waals surface area contributed by atoms with Crippen LogP contribution in [0.25, 0.3) is 10.1 Å². The molecule has 0 radical (unpaired) electrons. The number of nitrogens with zero attached hydrogens (tertiary/aromatic N) is 3. The van der Waals surface area contributed by atoms with E-state index < -0.39 is 47.0 Å². The molecule has 1 aromatic heterocycles. The fourth-order valence-electron chi connectivity index (χ4n) is 6.43. The van der Waals surface area contributed by atoms with Crippen LogP contribution in [0.2, 0.25) is 0 Å². The number of nitriles is 1. The molecule has 238 valence electrons. The second-order valence-corrected chi connectivity index (χ2v) is 13.4. The number of nitrogens with one attached hydrogen (secondary N) is 4. The lowest BCUT2D eigenvalue weighted by molar-refractivity contribution is -0.118. The number of fused-ring (bicyclic) bond motifs is 3. The molecule has 6 rings (SSSR count). The van der Waals surface area contributed by atoms with E-state index in [1.54, 1.807) is 20.8 Å². The monoisotopic (exact) mass is 643 g/mol. The summed E-state index contributed by atoms with van der Waals surface area (Å²) < 4.78 is 57.1. The molecule has 2 fully saturated rings. The zero-order valence-corrected chi connectivity index (χ0v) is 25.9. The first kappa shape index (κ1) is 30.7. The Morgan fingerprint density at radius 1 is 1.33 bits per heavy atom. The molecule has 1 aromatic carbocycles. The molecule has 4 aliphatic rings. The van der Waals surface area contributed by atoms with E-state index in [4.69, 9.17) is 9.47 Å². The van der Waals surface area contributed by atoms with Crippen LogP contribution in [0.5, 0.6) is 0 Å². The third-order valence-electron chi connectivity index (χ3n) is 8.26. The van der Waals surface area contributed by atoms with E-state index in [1.165, 1.54) is 13.1 Å². The lowest BCUT2D eigenvalue weighted by Crippen LogP contribution is -2.47. The molecule has 0 aliphatic carbocycles. The second-order valence-electron chi connectivity index (χ2n) is 12.4. The molecule has 1 unspecified atom stereocenters. The Balaban J connectivity index is 1.36. The Morgan fingerprint density at radius 3 is 2.82 bits per heavy atom. The zero-order valence-electron chi connectivity index (χ0n) is 25.1. The van der Waals surface area contributed by atoms with E-state index in [-0.39, 0.29) is 55.9 Å². The summed E-state index contributed by atoms with van der Waals surface area (Å²) in [4.78, 5) is 32.3. The van der Waals surface area contributed by atoms with Crippen LogP contribution >= 0.6 is 11.3 Å². The molecule has 2 aromatic rings. The maximum Gasteiger partial charge on any atom is 0.412 e. The van der Waals surface area contributed by atoms with Crippen molar-refractivity contribution in [3.63, 3.8) is 0 Å². The molecule has 15 heteroatoms. The van der Waals surface area contributed by atoms with Crippen molar-refractivity contribution < 1.29 is 32.2 Å². The van der Waals surface area contributed by atoms with Crippen molar-refractivity contribution in [3.05, 3.63) is 52.0 Å². The van der Waals surface area contributed by atoms with Crippen molar-refractivity contribution in [2.24, 2.45) is 4.99 Å². The summed E-state index contributed by atoms with van der Waals surface area (Å²) in [7, 11) is 1.53. The lowest BCUT2D eigenvalue weighted by Gasteiger charge is -2.34. The number of hydrogen-bond donors (Lipinski definition) is 4. The highest BCUT2D eigenvalue weighted by atomic mass is 32.1. The minimum atomic E-state index is -1.42. The fourth-order valence-corrected chi connectivity index (χ4v) is 7.50. The summed E-state index contributed by atoms with van der Waals surface area (Å²) in [5, 5.41) is 20.8. The smallest absolute Gasteiger partial charge is 0.412 e. The molecule has 4 N–H and O–H groups in total. The number of benzene rings is 1. The van der Waals surface area contributed by atoms with E-state index in [1.807, 2.05) is 6.07 Å². The van der Waals surface area contributed by atoms with Crippen molar-refractivity contribution in [1.82, 2.24) is 20.9 Å². The normalized spacial score (nSPS) is 24.8. The molecule has 2 amide bonds. The average Bonchev–Trinajstić information content (AvgIpc) is 3.62. The summed E-state index contributed by atoms with van der Waals surface area (Å²) in [5.74, 6) is -2.14. The standard InChI is InChI=1S/C30H32F3N7O4S/c1-29(2,3)44-28(42)39-26-16(11-34)18-15(6-7-17(32)23(18)45-26)21-20(33)22-19(25(41)36-21)24(35-4)38-27(37-22)43-13-30-8-5-9-40(30)12-14(31)10-30/h6-7,14,21,35H,5,8-10,12-13H2,1-4H3,(H,36,41)(H,37,38)(H,39,42)/t14-,21?,30+/m1/s1. The number of hydrogen-bond acceptors (Lipinski definition) is 10. The van der Waals surface area contributed by atoms with E-state index in [0.717, 1.165) is 36.8 Å². The summed E-state index contributed by atoms with van der Waals surface area (Å²) >= 11 is 0.797. The maximum absolute atomic E-state index is 16.5. The van der Waals surface area contributed by atoms with E-state index >= 15 is 8.78 Å². The highest BCUT2D eigenvalue weighted by molar-refractivity contribution is 7.23. The molecule has 45 heavy (non-hydrogen) atoms. The number of aliphatic imine (C=N–C) groups is 1. The predicted molar refractivity (Wildman–Crippen MR) is 161 cm³/mol. The molecule has 2 saturated heterocycles. The lowest BCUT2D eigenvalue weighted by atomic mass is 9.93. The van der Waals surface area contributed by atoms with Gasteiger partial charge in [-0.15, -0.1) is 11.3 Å². The van der Waals surface area contributed by atoms with Gasteiger partial charge in [-0.2, -0.15) is 10.3 Å². The first-order valence-electron chi connectivity index (χ1n) is 14.5. The van der Waals surface area contributed by atoms with Crippen LogP contribution in [-0.4, -0.2) is 67.0 Å². The number of anilines is 1. The van der Waals surface area contributed by atoms with E-state index in [9.17, 15) is 19.2 Å². The first-order chi connectivity index (χ1) is 21.3. The average molecular weight is 644 g/mol. The molecule has 11 nitrogen and oxygen atoms in total. The van der Waals surface area contributed by atoms with Gasteiger partial charge < -0.3 is 25.4 Å². The van der Waals surface area contributed by atoms with Gasteiger partial charge in [0.05, 0.1) is 21.5 Å². The van der Waals surface area contributed by atoms with Crippen molar-refractivity contribution >= 4 is 44.4 Å². The minimum absolute atomic E-state index is 0.00953. The van der Waals surface area contributed by atoms with Crippen molar-refractivity contribution in [2.45, 2.75) is 63.4 Å². The van der Waals surface area contributed by atoms with Crippen LogP contribution in [0.3, 0.4) is 0 Å². The molecule has 0 saturated carbocycles. The number of carbonyl (C=O) groups excluding carboxylic acids is 2. The number of thiophene rings is 1.